The van der Waals surface area contributed by atoms with Crippen LogP contribution in [0.3, 0.4) is 0 Å². The van der Waals surface area contributed by atoms with E-state index in [1.807, 2.05) is 0 Å². The smallest absolute Gasteiger partial charge is 0.262 e. The number of hydrogen-bond donors (Lipinski definition) is 1. The van der Waals surface area contributed by atoms with Crippen LogP contribution in [0.1, 0.15) is 0 Å². The van der Waals surface area contributed by atoms with Crippen LogP contribution < -0.4 is 14.4 Å². The van der Waals surface area contributed by atoms with Crippen LogP contribution in [-0.2, 0) is 10.0 Å². The summed E-state index contributed by atoms with van der Waals surface area (Å²) in [5, 5.41) is 0. The van der Waals surface area contributed by atoms with Crippen molar-refractivity contribution < 1.29 is 17.5 Å². The molecule has 3 rings (SSSR count). The van der Waals surface area contributed by atoms with Crippen molar-refractivity contribution in [3.05, 3.63) is 46.7 Å². The van der Waals surface area contributed by atoms with E-state index in [-0.39, 0.29) is 10.6 Å². The largest absolute Gasteiger partial charge is 0.495 e. The maximum Gasteiger partial charge on any atom is 0.262 e. The van der Waals surface area contributed by atoms with Gasteiger partial charge >= 0.3 is 0 Å². The zero-order chi connectivity index (χ0) is 19.6. The molecule has 1 aliphatic rings. The van der Waals surface area contributed by atoms with Crippen LogP contribution in [-0.4, -0.2) is 53.7 Å². The molecule has 27 heavy (non-hydrogen) atoms. The van der Waals surface area contributed by atoms with E-state index >= 15 is 0 Å². The van der Waals surface area contributed by atoms with E-state index < -0.39 is 15.8 Å². The summed E-state index contributed by atoms with van der Waals surface area (Å²) in [5.41, 5.74) is 1.01. The van der Waals surface area contributed by atoms with Gasteiger partial charge in [-0.2, -0.15) is 0 Å². The van der Waals surface area contributed by atoms with E-state index in [0.29, 0.717) is 10.2 Å². The molecule has 9 heteroatoms. The van der Waals surface area contributed by atoms with Gasteiger partial charge in [0.1, 0.15) is 11.6 Å². The number of rotatable bonds is 5. The average Bonchev–Trinajstić information content (AvgIpc) is 2.64. The molecular formula is C18H21BrFN3O3S. The molecule has 0 bridgehead atoms. The van der Waals surface area contributed by atoms with Gasteiger partial charge in [0.25, 0.3) is 10.0 Å². The Morgan fingerprint density at radius 1 is 1.11 bits per heavy atom. The molecule has 0 atom stereocenters. The van der Waals surface area contributed by atoms with Gasteiger partial charge in [-0.25, -0.2) is 12.8 Å². The fourth-order valence-electron chi connectivity index (χ4n) is 2.91. The Labute approximate surface area is 167 Å². The highest BCUT2D eigenvalue weighted by atomic mass is 79.9. The van der Waals surface area contributed by atoms with Gasteiger partial charge < -0.3 is 14.5 Å². The molecule has 0 amide bonds. The minimum absolute atomic E-state index is 0.119. The highest BCUT2D eigenvalue weighted by molar-refractivity contribution is 9.10. The Kier molecular flexibility index (Phi) is 5.92. The lowest BCUT2D eigenvalue weighted by molar-refractivity contribution is 0.311. The SMILES string of the molecule is COc1ccc(S(=O)(=O)Nc2ccc(F)cc2Br)cc1N1CCN(C)CC1. The van der Waals surface area contributed by atoms with Crippen molar-refractivity contribution >= 4 is 37.3 Å². The zero-order valence-corrected chi connectivity index (χ0v) is 17.5. The lowest BCUT2D eigenvalue weighted by atomic mass is 10.2. The summed E-state index contributed by atoms with van der Waals surface area (Å²) in [6.07, 6.45) is 0. The second-order valence-electron chi connectivity index (χ2n) is 6.35. The van der Waals surface area contributed by atoms with Crippen LogP contribution in [0, 0.1) is 5.82 Å². The summed E-state index contributed by atoms with van der Waals surface area (Å²) in [6, 6.07) is 8.56. The molecule has 0 radical (unpaired) electrons. The third kappa shape index (κ3) is 4.53. The zero-order valence-electron chi connectivity index (χ0n) is 15.1. The first kappa shape index (κ1) is 19.9. The van der Waals surface area contributed by atoms with Crippen LogP contribution in [0.2, 0.25) is 0 Å². The van der Waals surface area contributed by atoms with Gasteiger partial charge in [0, 0.05) is 30.7 Å². The molecule has 146 valence electrons. The molecule has 2 aromatic rings. The Bertz CT molecular complexity index is 931. The molecule has 1 fully saturated rings. The Morgan fingerprint density at radius 2 is 1.81 bits per heavy atom. The van der Waals surface area contributed by atoms with Crippen LogP contribution in [0.15, 0.2) is 45.8 Å². The van der Waals surface area contributed by atoms with Crippen molar-refractivity contribution in [1.82, 2.24) is 4.90 Å². The fourth-order valence-corrected chi connectivity index (χ4v) is 4.59. The summed E-state index contributed by atoms with van der Waals surface area (Å²) in [5.74, 6) is 0.174. The van der Waals surface area contributed by atoms with E-state index in [2.05, 4.69) is 37.5 Å². The number of likely N-dealkylation sites (N-methyl/N-ethyl adjacent to an activating group) is 1. The molecule has 1 heterocycles. The van der Waals surface area contributed by atoms with E-state index in [4.69, 9.17) is 4.74 Å². The van der Waals surface area contributed by atoms with Gasteiger partial charge in [0.05, 0.1) is 23.4 Å². The van der Waals surface area contributed by atoms with Gasteiger partial charge in [0.15, 0.2) is 0 Å². The van der Waals surface area contributed by atoms with E-state index in [1.54, 1.807) is 19.2 Å². The summed E-state index contributed by atoms with van der Waals surface area (Å²) in [7, 11) is -0.219. The molecular weight excluding hydrogens is 437 g/mol. The maximum atomic E-state index is 13.2. The number of methoxy groups -OCH3 is 1. The molecule has 1 saturated heterocycles. The Hall–Kier alpha value is -1.84. The van der Waals surface area contributed by atoms with Crippen molar-refractivity contribution in [3.63, 3.8) is 0 Å². The molecule has 0 aromatic heterocycles. The predicted octanol–water partition coefficient (Wildman–Crippen LogP) is 3.15. The van der Waals surface area contributed by atoms with Crippen molar-refractivity contribution in [2.24, 2.45) is 0 Å². The molecule has 0 unspecified atom stereocenters. The van der Waals surface area contributed by atoms with Crippen molar-refractivity contribution in [2.75, 3.05) is 50.0 Å². The van der Waals surface area contributed by atoms with Crippen molar-refractivity contribution in [3.8, 4) is 5.75 Å². The number of sulfonamides is 1. The molecule has 0 aliphatic carbocycles. The first-order chi connectivity index (χ1) is 12.8. The van der Waals surface area contributed by atoms with Gasteiger partial charge in [-0.1, -0.05) is 0 Å². The number of nitrogens with zero attached hydrogens (tertiary/aromatic N) is 2. The first-order valence-corrected chi connectivity index (χ1v) is 10.7. The lowest BCUT2D eigenvalue weighted by Crippen LogP contribution is -2.44. The highest BCUT2D eigenvalue weighted by Crippen LogP contribution is 2.33. The van der Waals surface area contributed by atoms with Crippen molar-refractivity contribution in [2.45, 2.75) is 4.90 Å². The number of ether oxygens (including phenoxy) is 1. The van der Waals surface area contributed by atoms with Gasteiger partial charge in [-0.05, 0) is 59.4 Å². The van der Waals surface area contributed by atoms with Crippen LogP contribution in [0.4, 0.5) is 15.8 Å². The summed E-state index contributed by atoms with van der Waals surface area (Å²) < 4.78 is 47.2. The number of hydrogen-bond acceptors (Lipinski definition) is 5. The molecule has 0 saturated carbocycles. The number of piperazine rings is 1. The third-order valence-electron chi connectivity index (χ3n) is 4.48. The number of benzene rings is 2. The molecule has 2 aromatic carbocycles. The Balaban J connectivity index is 1.92. The summed E-state index contributed by atoms with van der Waals surface area (Å²) >= 11 is 3.18. The van der Waals surface area contributed by atoms with Gasteiger partial charge in [-0.3, -0.25) is 4.72 Å². The number of nitrogens with one attached hydrogen (secondary N) is 1. The van der Waals surface area contributed by atoms with E-state index in [9.17, 15) is 12.8 Å². The molecule has 0 spiro atoms. The molecule has 1 aliphatic heterocycles. The quantitative estimate of drug-likeness (QED) is 0.746. The number of halogens is 2. The van der Waals surface area contributed by atoms with Crippen LogP contribution >= 0.6 is 15.9 Å². The predicted molar refractivity (Wildman–Crippen MR) is 108 cm³/mol. The van der Waals surface area contributed by atoms with Crippen LogP contribution in [0.25, 0.3) is 0 Å². The average molecular weight is 458 g/mol. The standard InChI is InChI=1S/C18H21BrFN3O3S/c1-22-7-9-23(10-8-22)17-12-14(4-6-18(17)26-2)27(24,25)21-16-5-3-13(20)11-15(16)19/h3-6,11-12,21H,7-10H2,1-2H3. The minimum Gasteiger partial charge on any atom is -0.495 e. The molecule has 6 nitrogen and oxygen atoms in total. The Morgan fingerprint density at radius 3 is 2.44 bits per heavy atom. The number of anilines is 2. The highest BCUT2D eigenvalue weighted by Gasteiger charge is 2.22. The summed E-state index contributed by atoms with van der Waals surface area (Å²) in [6.45, 7) is 3.35. The fraction of sp³-hybridized carbons (Fsp3) is 0.333. The summed E-state index contributed by atoms with van der Waals surface area (Å²) in [4.78, 5) is 4.46. The van der Waals surface area contributed by atoms with Gasteiger partial charge in [-0.15, -0.1) is 0 Å². The topological polar surface area (TPSA) is 61.9 Å². The third-order valence-corrected chi connectivity index (χ3v) is 6.50. The first-order valence-electron chi connectivity index (χ1n) is 8.39. The molecule has 1 N–H and O–H groups in total. The second-order valence-corrected chi connectivity index (χ2v) is 8.89. The van der Waals surface area contributed by atoms with Gasteiger partial charge in [0.2, 0.25) is 0 Å². The van der Waals surface area contributed by atoms with Crippen molar-refractivity contribution in [1.29, 1.82) is 0 Å². The van der Waals surface area contributed by atoms with E-state index in [0.717, 1.165) is 31.9 Å². The normalized spacial score (nSPS) is 15.6. The van der Waals surface area contributed by atoms with Crippen LogP contribution in [0.5, 0.6) is 5.75 Å². The van der Waals surface area contributed by atoms with E-state index in [1.165, 1.54) is 24.3 Å². The lowest BCUT2D eigenvalue weighted by Gasteiger charge is -2.34. The maximum absolute atomic E-state index is 13.2. The second kappa shape index (κ2) is 8.04. The minimum atomic E-state index is -3.84. The monoisotopic (exact) mass is 457 g/mol.